The molecule has 3 heteroatoms. The first kappa shape index (κ1) is 13.0. The maximum Gasteiger partial charge on any atom is 0.119 e. The van der Waals surface area contributed by atoms with Crippen LogP contribution in [0.15, 0.2) is 24.3 Å². The summed E-state index contributed by atoms with van der Waals surface area (Å²) in [6.45, 7) is 2.89. The first-order valence-corrected chi connectivity index (χ1v) is 5.80. The third-order valence-electron chi connectivity index (χ3n) is 2.30. The Balaban J connectivity index is 2.33. The summed E-state index contributed by atoms with van der Waals surface area (Å²) < 4.78 is 5.53. The van der Waals surface area contributed by atoms with Crippen molar-refractivity contribution in [3.05, 3.63) is 29.8 Å². The molecule has 1 rings (SSSR count). The molecule has 0 saturated carbocycles. The van der Waals surface area contributed by atoms with Gasteiger partial charge in [0.15, 0.2) is 0 Å². The largest absolute Gasteiger partial charge is 0.494 e. The van der Waals surface area contributed by atoms with Crippen molar-refractivity contribution in [1.29, 1.82) is 0 Å². The van der Waals surface area contributed by atoms with Gasteiger partial charge in [0, 0.05) is 12.6 Å². The van der Waals surface area contributed by atoms with Crippen LogP contribution < -0.4 is 10.5 Å². The van der Waals surface area contributed by atoms with Crippen LogP contribution in [0.4, 0.5) is 0 Å². The van der Waals surface area contributed by atoms with Crippen molar-refractivity contribution in [3.8, 4) is 5.75 Å². The molecule has 0 aliphatic rings. The minimum Gasteiger partial charge on any atom is -0.494 e. The SMILES string of the molecule is CC(N)Cc1ccc(OCCCCO)cc1. The van der Waals surface area contributed by atoms with Crippen LogP contribution >= 0.6 is 0 Å². The van der Waals surface area contributed by atoms with Crippen molar-refractivity contribution in [2.45, 2.75) is 32.2 Å². The molecule has 16 heavy (non-hydrogen) atoms. The highest BCUT2D eigenvalue weighted by atomic mass is 16.5. The monoisotopic (exact) mass is 223 g/mol. The number of aliphatic hydroxyl groups is 1. The van der Waals surface area contributed by atoms with E-state index in [4.69, 9.17) is 15.6 Å². The standard InChI is InChI=1S/C13H21NO2/c1-11(14)10-12-4-6-13(7-5-12)16-9-3-2-8-15/h4-7,11,15H,2-3,8-10,14H2,1H3. The molecule has 0 bridgehead atoms. The van der Waals surface area contributed by atoms with E-state index in [1.54, 1.807) is 0 Å². The fourth-order valence-corrected chi connectivity index (χ4v) is 1.50. The molecule has 0 saturated heterocycles. The van der Waals surface area contributed by atoms with Gasteiger partial charge in [-0.25, -0.2) is 0 Å². The Bertz CT molecular complexity index is 282. The summed E-state index contributed by atoms with van der Waals surface area (Å²) in [6.07, 6.45) is 2.58. The van der Waals surface area contributed by atoms with Gasteiger partial charge >= 0.3 is 0 Å². The lowest BCUT2D eigenvalue weighted by atomic mass is 10.1. The maximum absolute atomic E-state index is 8.62. The molecule has 90 valence electrons. The maximum atomic E-state index is 8.62. The van der Waals surface area contributed by atoms with Crippen molar-refractivity contribution < 1.29 is 9.84 Å². The van der Waals surface area contributed by atoms with Crippen LogP contribution in [0.3, 0.4) is 0 Å². The zero-order chi connectivity index (χ0) is 11.8. The van der Waals surface area contributed by atoms with Crippen molar-refractivity contribution in [2.75, 3.05) is 13.2 Å². The van der Waals surface area contributed by atoms with Gasteiger partial charge in [-0.3, -0.25) is 0 Å². The number of rotatable bonds is 7. The van der Waals surface area contributed by atoms with Crippen molar-refractivity contribution in [2.24, 2.45) is 5.73 Å². The summed E-state index contributed by atoms with van der Waals surface area (Å²) in [5, 5.41) is 8.62. The van der Waals surface area contributed by atoms with Gasteiger partial charge in [-0.2, -0.15) is 0 Å². The average molecular weight is 223 g/mol. The van der Waals surface area contributed by atoms with Gasteiger partial charge < -0.3 is 15.6 Å². The second kappa shape index (κ2) is 7.25. The fourth-order valence-electron chi connectivity index (χ4n) is 1.50. The van der Waals surface area contributed by atoms with Crippen LogP contribution in [0, 0.1) is 0 Å². The fraction of sp³-hybridized carbons (Fsp3) is 0.538. The summed E-state index contributed by atoms with van der Waals surface area (Å²) in [7, 11) is 0. The highest BCUT2D eigenvalue weighted by Crippen LogP contribution is 2.13. The minimum atomic E-state index is 0.191. The topological polar surface area (TPSA) is 55.5 Å². The molecule has 0 fully saturated rings. The second-order valence-electron chi connectivity index (χ2n) is 4.10. The van der Waals surface area contributed by atoms with E-state index in [0.717, 1.165) is 25.0 Å². The smallest absolute Gasteiger partial charge is 0.119 e. The van der Waals surface area contributed by atoms with Crippen LogP contribution in [0.2, 0.25) is 0 Å². The van der Waals surface area contributed by atoms with Crippen LogP contribution in [0.25, 0.3) is 0 Å². The van der Waals surface area contributed by atoms with E-state index in [-0.39, 0.29) is 12.6 Å². The normalized spacial score (nSPS) is 12.4. The lowest BCUT2D eigenvalue weighted by Crippen LogP contribution is -2.17. The summed E-state index contributed by atoms with van der Waals surface area (Å²) in [5.41, 5.74) is 6.96. The number of unbranched alkanes of at least 4 members (excludes halogenated alkanes) is 1. The Morgan fingerprint density at radius 1 is 1.25 bits per heavy atom. The Kier molecular flexibility index (Phi) is 5.90. The third kappa shape index (κ3) is 5.14. The molecule has 0 aliphatic heterocycles. The molecule has 0 aromatic heterocycles. The molecule has 1 atom stereocenters. The molecule has 1 aromatic carbocycles. The molecule has 3 nitrogen and oxygen atoms in total. The van der Waals surface area contributed by atoms with Gasteiger partial charge in [0.1, 0.15) is 5.75 Å². The molecule has 0 amide bonds. The van der Waals surface area contributed by atoms with Crippen LogP contribution in [0.1, 0.15) is 25.3 Å². The molecule has 0 radical (unpaired) electrons. The molecule has 3 N–H and O–H groups in total. The number of nitrogens with two attached hydrogens (primary N) is 1. The Morgan fingerprint density at radius 2 is 1.94 bits per heavy atom. The number of aliphatic hydroxyl groups excluding tert-OH is 1. The van der Waals surface area contributed by atoms with Crippen LogP contribution in [-0.2, 0) is 6.42 Å². The van der Waals surface area contributed by atoms with E-state index in [2.05, 4.69) is 0 Å². The van der Waals surface area contributed by atoms with E-state index < -0.39 is 0 Å². The lowest BCUT2D eigenvalue weighted by Gasteiger charge is -2.08. The van der Waals surface area contributed by atoms with E-state index in [1.807, 2.05) is 31.2 Å². The third-order valence-corrected chi connectivity index (χ3v) is 2.30. The quantitative estimate of drug-likeness (QED) is 0.692. The highest BCUT2D eigenvalue weighted by molar-refractivity contribution is 5.27. The number of ether oxygens (including phenoxy) is 1. The summed E-state index contributed by atoms with van der Waals surface area (Å²) >= 11 is 0. The van der Waals surface area contributed by atoms with Gasteiger partial charge in [0.25, 0.3) is 0 Å². The number of hydrogen-bond acceptors (Lipinski definition) is 3. The van der Waals surface area contributed by atoms with Crippen molar-refractivity contribution in [3.63, 3.8) is 0 Å². The summed E-state index contributed by atoms with van der Waals surface area (Å²) in [5.74, 6) is 0.881. The molecule has 0 spiro atoms. The van der Waals surface area contributed by atoms with Gasteiger partial charge in [-0.05, 0) is 43.9 Å². The first-order chi connectivity index (χ1) is 7.72. The lowest BCUT2D eigenvalue weighted by molar-refractivity contribution is 0.253. The van der Waals surface area contributed by atoms with Crippen LogP contribution in [0.5, 0.6) is 5.75 Å². The number of benzene rings is 1. The van der Waals surface area contributed by atoms with E-state index in [9.17, 15) is 0 Å². The van der Waals surface area contributed by atoms with Gasteiger partial charge in [-0.15, -0.1) is 0 Å². The van der Waals surface area contributed by atoms with Gasteiger partial charge in [0.2, 0.25) is 0 Å². The van der Waals surface area contributed by atoms with Crippen molar-refractivity contribution >= 4 is 0 Å². The Hall–Kier alpha value is -1.06. The second-order valence-corrected chi connectivity index (χ2v) is 4.10. The molecule has 0 aliphatic carbocycles. The molecular weight excluding hydrogens is 202 g/mol. The zero-order valence-electron chi connectivity index (χ0n) is 9.86. The number of hydrogen-bond donors (Lipinski definition) is 2. The molecular formula is C13H21NO2. The first-order valence-electron chi connectivity index (χ1n) is 5.80. The molecule has 1 aromatic rings. The average Bonchev–Trinajstić information content (AvgIpc) is 2.26. The van der Waals surface area contributed by atoms with Crippen molar-refractivity contribution in [1.82, 2.24) is 0 Å². The van der Waals surface area contributed by atoms with E-state index in [1.165, 1.54) is 5.56 Å². The van der Waals surface area contributed by atoms with Crippen LogP contribution in [-0.4, -0.2) is 24.4 Å². The van der Waals surface area contributed by atoms with E-state index in [0.29, 0.717) is 6.61 Å². The Morgan fingerprint density at radius 3 is 2.50 bits per heavy atom. The molecule has 1 unspecified atom stereocenters. The summed E-state index contributed by atoms with van der Waals surface area (Å²) in [6, 6.07) is 8.22. The predicted octanol–water partition coefficient (Wildman–Crippen LogP) is 1.73. The summed E-state index contributed by atoms with van der Waals surface area (Å²) in [4.78, 5) is 0. The minimum absolute atomic E-state index is 0.191. The predicted molar refractivity (Wildman–Crippen MR) is 65.6 cm³/mol. The zero-order valence-corrected chi connectivity index (χ0v) is 9.86. The van der Waals surface area contributed by atoms with Gasteiger partial charge in [0.05, 0.1) is 6.61 Å². The Labute approximate surface area is 97.2 Å². The highest BCUT2D eigenvalue weighted by Gasteiger charge is 1.98. The van der Waals surface area contributed by atoms with Gasteiger partial charge in [-0.1, -0.05) is 12.1 Å². The van der Waals surface area contributed by atoms with E-state index >= 15 is 0 Å². The molecule has 0 heterocycles.